The van der Waals surface area contributed by atoms with Gasteiger partial charge in [-0.1, -0.05) is 0 Å². The molecule has 0 atom stereocenters. The van der Waals surface area contributed by atoms with Gasteiger partial charge in [0.15, 0.2) is 0 Å². The van der Waals surface area contributed by atoms with Crippen LogP contribution in [-0.2, 0) is 4.79 Å². The van der Waals surface area contributed by atoms with E-state index < -0.39 is 4.92 Å². The molecule has 1 aromatic carbocycles. The lowest BCUT2D eigenvalue weighted by atomic mass is 10.3. The number of non-ortho nitro benzene ring substituents is 1. The van der Waals surface area contributed by atoms with Gasteiger partial charge < -0.3 is 0 Å². The lowest BCUT2D eigenvalue weighted by Gasteiger charge is -2.22. The first-order chi connectivity index (χ1) is 7.54. The zero-order valence-corrected chi connectivity index (χ0v) is 9.14. The Morgan fingerprint density at radius 3 is 2.38 bits per heavy atom. The maximum absolute atomic E-state index is 10.9. The molecule has 16 heavy (non-hydrogen) atoms. The Labute approximate surface area is 93.0 Å². The summed E-state index contributed by atoms with van der Waals surface area (Å²) in [5.41, 5.74) is 3.36. The number of benzene rings is 1. The van der Waals surface area contributed by atoms with Crippen molar-refractivity contribution in [1.29, 1.82) is 0 Å². The summed E-state index contributed by atoms with van der Waals surface area (Å²) in [6, 6.07) is 5.99. The molecule has 0 fully saturated rings. The third-order valence-electron chi connectivity index (χ3n) is 1.98. The summed E-state index contributed by atoms with van der Waals surface area (Å²) < 4.78 is 0. The van der Waals surface area contributed by atoms with Gasteiger partial charge in [-0.05, 0) is 19.1 Å². The maximum atomic E-state index is 10.9. The van der Waals surface area contributed by atoms with E-state index in [0.717, 1.165) is 0 Å². The van der Waals surface area contributed by atoms with E-state index in [-0.39, 0.29) is 11.6 Å². The lowest BCUT2D eigenvalue weighted by Crippen LogP contribution is -2.40. The normalized spacial score (nSPS) is 9.62. The fourth-order valence-electron chi connectivity index (χ4n) is 1.27. The van der Waals surface area contributed by atoms with Gasteiger partial charge in [0.1, 0.15) is 0 Å². The predicted octanol–water partition coefficient (Wildman–Crippen LogP) is 1.47. The highest BCUT2D eigenvalue weighted by Crippen LogP contribution is 2.17. The van der Waals surface area contributed by atoms with E-state index in [4.69, 9.17) is 0 Å². The van der Waals surface area contributed by atoms with Crippen molar-refractivity contribution >= 4 is 17.3 Å². The van der Waals surface area contributed by atoms with E-state index in [9.17, 15) is 14.9 Å². The van der Waals surface area contributed by atoms with Gasteiger partial charge in [-0.3, -0.25) is 25.3 Å². The molecule has 1 N–H and O–H groups in total. The summed E-state index contributed by atoms with van der Waals surface area (Å²) in [6.07, 6.45) is 0. The summed E-state index contributed by atoms with van der Waals surface area (Å²) in [7, 11) is 0. The number of rotatable bonds is 4. The Balaban J connectivity index is 2.86. The monoisotopic (exact) mass is 223 g/mol. The van der Waals surface area contributed by atoms with Crippen molar-refractivity contribution < 1.29 is 9.72 Å². The van der Waals surface area contributed by atoms with E-state index in [1.807, 2.05) is 6.92 Å². The van der Waals surface area contributed by atoms with E-state index >= 15 is 0 Å². The van der Waals surface area contributed by atoms with Crippen LogP contribution in [0.15, 0.2) is 24.3 Å². The molecule has 0 spiro atoms. The van der Waals surface area contributed by atoms with Crippen molar-refractivity contribution in [2.45, 2.75) is 13.8 Å². The smallest absolute Gasteiger partial charge is 0.269 e. The highest BCUT2D eigenvalue weighted by molar-refractivity contribution is 5.75. The van der Waals surface area contributed by atoms with Crippen LogP contribution in [0.1, 0.15) is 13.8 Å². The van der Waals surface area contributed by atoms with Gasteiger partial charge in [-0.2, -0.15) is 0 Å². The highest BCUT2D eigenvalue weighted by atomic mass is 16.6. The maximum Gasteiger partial charge on any atom is 0.269 e. The Morgan fingerprint density at radius 2 is 2.00 bits per heavy atom. The number of hydrogen-bond donors (Lipinski definition) is 1. The number of amides is 1. The first kappa shape index (κ1) is 12.0. The fourth-order valence-corrected chi connectivity index (χ4v) is 1.27. The van der Waals surface area contributed by atoms with Crippen LogP contribution in [-0.4, -0.2) is 17.4 Å². The summed E-state index contributed by atoms with van der Waals surface area (Å²) in [5.74, 6) is -0.180. The topological polar surface area (TPSA) is 75.5 Å². The van der Waals surface area contributed by atoms with Crippen LogP contribution >= 0.6 is 0 Å². The quantitative estimate of drug-likeness (QED) is 0.619. The molecule has 1 amide bonds. The van der Waals surface area contributed by atoms with Crippen molar-refractivity contribution in [1.82, 2.24) is 5.43 Å². The number of hydrogen-bond acceptors (Lipinski definition) is 4. The van der Waals surface area contributed by atoms with Crippen LogP contribution in [0.4, 0.5) is 11.4 Å². The first-order valence-electron chi connectivity index (χ1n) is 4.83. The van der Waals surface area contributed by atoms with Gasteiger partial charge in [0.05, 0.1) is 10.6 Å². The molecular formula is C10H13N3O3. The summed E-state index contributed by atoms with van der Waals surface area (Å²) in [6.45, 7) is 3.86. The number of carbonyl (C=O) groups excluding carboxylic acids is 1. The number of nitrogens with one attached hydrogen (secondary N) is 1. The van der Waals surface area contributed by atoms with Crippen LogP contribution in [0.5, 0.6) is 0 Å². The molecule has 0 aliphatic rings. The van der Waals surface area contributed by atoms with Crippen LogP contribution in [0, 0.1) is 10.1 Å². The third-order valence-corrected chi connectivity index (χ3v) is 1.98. The lowest BCUT2D eigenvalue weighted by molar-refractivity contribution is -0.384. The molecule has 0 radical (unpaired) electrons. The van der Waals surface area contributed by atoms with E-state index in [0.29, 0.717) is 12.2 Å². The average molecular weight is 223 g/mol. The number of nitrogens with zero attached hydrogens (tertiary/aromatic N) is 2. The van der Waals surface area contributed by atoms with Crippen LogP contribution in [0.2, 0.25) is 0 Å². The molecule has 6 heteroatoms. The van der Waals surface area contributed by atoms with Gasteiger partial charge in [0.25, 0.3) is 5.69 Å². The number of hydrazine groups is 1. The third kappa shape index (κ3) is 2.94. The second-order valence-electron chi connectivity index (χ2n) is 3.19. The number of nitro benzene ring substituents is 1. The molecule has 86 valence electrons. The Bertz CT molecular complexity index is 389. The molecule has 0 saturated carbocycles. The van der Waals surface area contributed by atoms with Gasteiger partial charge in [-0.25, -0.2) is 0 Å². The molecule has 0 aliphatic carbocycles. The van der Waals surface area contributed by atoms with Crippen LogP contribution < -0.4 is 10.4 Å². The zero-order chi connectivity index (χ0) is 12.1. The van der Waals surface area contributed by atoms with Crippen LogP contribution in [0.25, 0.3) is 0 Å². The molecule has 0 heterocycles. The molecule has 0 bridgehead atoms. The summed E-state index contributed by atoms with van der Waals surface area (Å²) in [5, 5.41) is 12.1. The van der Waals surface area contributed by atoms with Crippen molar-refractivity contribution in [2.24, 2.45) is 0 Å². The number of anilines is 1. The Kier molecular flexibility index (Phi) is 3.82. The molecule has 0 saturated heterocycles. The molecule has 0 unspecified atom stereocenters. The molecule has 6 nitrogen and oxygen atoms in total. The Morgan fingerprint density at radius 1 is 1.44 bits per heavy atom. The van der Waals surface area contributed by atoms with E-state index in [2.05, 4.69) is 5.43 Å². The molecule has 1 rings (SSSR count). The summed E-state index contributed by atoms with van der Waals surface area (Å²) in [4.78, 5) is 20.9. The van der Waals surface area contributed by atoms with Crippen molar-refractivity contribution in [3.05, 3.63) is 34.4 Å². The van der Waals surface area contributed by atoms with E-state index in [1.54, 1.807) is 17.1 Å². The standard InChI is InChI=1S/C10H13N3O3/c1-3-12(11-8(2)14)9-4-6-10(7-5-9)13(15)16/h4-7H,3H2,1-2H3,(H,11,14). The minimum Gasteiger partial charge on any atom is -0.286 e. The van der Waals surface area contributed by atoms with Crippen molar-refractivity contribution in [2.75, 3.05) is 11.6 Å². The molecule has 1 aromatic rings. The molecule has 0 aromatic heterocycles. The van der Waals surface area contributed by atoms with Crippen LogP contribution in [0.3, 0.4) is 0 Å². The average Bonchev–Trinajstić information content (AvgIpc) is 2.25. The Hall–Kier alpha value is -2.11. The largest absolute Gasteiger partial charge is 0.286 e. The van der Waals surface area contributed by atoms with Gasteiger partial charge in [0.2, 0.25) is 5.91 Å². The minimum atomic E-state index is -0.460. The molecule has 0 aliphatic heterocycles. The van der Waals surface area contributed by atoms with Gasteiger partial charge >= 0.3 is 0 Å². The minimum absolute atomic E-state index is 0.0302. The number of nitro groups is 1. The second-order valence-corrected chi connectivity index (χ2v) is 3.19. The van der Waals surface area contributed by atoms with Crippen molar-refractivity contribution in [3.8, 4) is 0 Å². The fraction of sp³-hybridized carbons (Fsp3) is 0.300. The number of carbonyl (C=O) groups is 1. The zero-order valence-electron chi connectivity index (χ0n) is 9.14. The molecular weight excluding hydrogens is 210 g/mol. The van der Waals surface area contributed by atoms with Gasteiger partial charge in [0, 0.05) is 25.6 Å². The van der Waals surface area contributed by atoms with Gasteiger partial charge in [-0.15, -0.1) is 0 Å². The summed E-state index contributed by atoms with van der Waals surface area (Å²) >= 11 is 0. The first-order valence-corrected chi connectivity index (χ1v) is 4.83. The van der Waals surface area contributed by atoms with Crippen molar-refractivity contribution in [3.63, 3.8) is 0 Å². The predicted molar refractivity (Wildman–Crippen MR) is 59.9 cm³/mol. The van der Waals surface area contributed by atoms with E-state index in [1.165, 1.54) is 19.1 Å². The highest BCUT2D eigenvalue weighted by Gasteiger charge is 2.08. The SMILES string of the molecule is CCN(NC(C)=O)c1ccc([N+](=O)[O-])cc1. The second kappa shape index (κ2) is 5.11.